The second-order valence-corrected chi connectivity index (χ2v) is 6.70. The first-order valence-corrected chi connectivity index (χ1v) is 8.37. The highest BCUT2D eigenvalue weighted by Crippen LogP contribution is 2.13. The summed E-state index contributed by atoms with van der Waals surface area (Å²) in [6.45, 7) is 1.84. The van der Waals surface area contributed by atoms with Crippen molar-refractivity contribution >= 4 is 33.9 Å². The van der Waals surface area contributed by atoms with Crippen LogP contribution >= 0.6 is 11.6 Å². The third kappa shape index (κ3) is 4.72. The zero-order chi connectivity index (χ0) is 16.0. The van der Waals surface area contributed by atoms with Gasteiger partial charge in [-0.2, -0.15) is 13.5 Å². The molecule has 0 aliphatic heterocycles. The molecule has 0 atom stereocenters. The molecule has 2 rings (SSSR count). The molecule has 114 valence electrons. The molecule has 6 heteroatoms. The van der Waals surface area contributed by atoms with Crippen LogP contribution in [0.2, 0.25) is 5.02 Å². The van der Waals surface area contributed by atoms with Crippen molar-refractivity contribution in [3.05, 3.63) is 70.8 Å². The average Bonchev–Trinajstić information content (AvgIpc) is 2.48. The van der Waals surface area contributed by atoms with E-state index in [9.17, 15) is 8.42 Å². The number of nitrogens with zero attached hydrogens (tertiary/aromatic N) is 1. The van der Waals surface area contributed by atoms with Crippen LogP contribution in [0.3, 0.4) is 0 Å². The molecule has 2 aromatic rings. The van der Waals surface area contributed by atoms with Crippen LogP contribution in [-0.2, 0) is 10.0 Å². The van der Waals surface area contributed by atoms with E-state index in [1.165, 1.54) is 30.5 Å². The maximum Gasteiger partial charge on any atom is 0.276 e. The summed E-state index contributed by atoms with van der Waals surface area (Å²) in [4.78, 5) is 2.28. The van der Waals surface area contributed by atoms with Crippen LogP contribution in [0.15, 0.2) is 70.2 Å². The first-order valence-electron chi connectivity index (χ1n) is 6.51. The molecule has 0 unspecified atom stereocenters. The van der Waals surface area contributed by atoms with Gasteiger partial charge in [0.1, 0.15) is 0 Å². The lowest BCUT2D eigenvalue weighted by molar-refractivity contribution is 0.584. The monoisotopic (exact) mass is 334 g/mol. The number of hydrogen-bond donors (Lipinski definition) is 1. The number of sulfonamides is 1. The first-order chi connectivity index (χ1) is 10.5. The molecule has 0 aromatic heterocycles. The summed E-state index contributed by atoms with van der Waals surface area (Å²) < 4.78 is 24.0. The lowest BCUT2D eigenvalue weighted by Gasteiger charge is -2.03. The average molecular weight is 335 g/mol. The van der Waals surface area contributed by atoms with E-state index >= 15 is 0 Å². The Balaban J connectivity index is 2.05. The molecule has 0 spiro atoms. The first kappa shape index (κ1) is 16.3. The van der Waals surface area contributed by atoms with Gasteiger partial charge in [-0.3, -0.25) is 0 Å². The van der Waals surface area contributed by atoms with E-state index in [0.717, 1.165) is 11.1 Å². The molecule has 0 bridgehead atoms. The highest BCUT2D eigenvalue weighted by atomic mass is 35.5. The van der Waals surface area contributed by atoms with Gasteiger partial charge in [-0.1, -0.05) is 48.0 Å². The van der Waals surface area contributed by atoms with Gasteiger partial charge >= 0.3 is 0 Å². The minimum atomic E-state index is -3.68. The highest BCUT2D eigenvalue weighted by Gasteiger charge is 2.11. The number of benzene rings is 2. The van der Waals surface area contributed by atoms with Gasteiger partial charge in [-0.05, 0) is 42.3 Å². The summed E-state index contributed by atoms with van der Waals surface area (Å²) in [5.74, 6) is 0. The van der Waals surface area contributed by atoms with E-state index in [-0.39, 0.29) is 4.90 Å². The summed E-state index contributed by atoms with van der Waals surface area (Å²) in [5.41, 5.74) is 1.84. The van der Waals surface area contributed by atoms with Gasteiger partial charge in [0.25, 0.3) is 10.0 Å². The number of rotatable bonds is 5. The Morgan fingerprint density at radius 1 is 1.09 bits per heavy atom. The minimum Gasteiger partial charge on any atom is -0.200 e. The van der Waals surface area contributed by atoms with Gasteiger partial charge in [-0.25, -0.2) is 4.83 Å². The molecule has 0 amide bonds. The molecule has 2 aromatic carbocycles. The predicted molar refractivity (Wildman–Crippen MR) is 90.4 cm³/mol. The van der Waals surface area contributed by atoms with Crippen LogP contribution in [0.4, 0.5) is 0 Å². The Morgan fingerprint density at radius 3 is 2.36 bits per heavy atom. The highest BCUT2D eigenvalue weighted by molar-refractivity contribution is 7.89. The third-order valence-corrected chi connectivity index (χ3v) is 4.25. The van der Waals surface area contributed by atoms with Gasteiger partial charge < -0.3 is 0 Å². The van der Waals surface area contributed by atoms with E-state index in [1.54, 1.807) is 0 Å². The van der Waals surface area contributed by atoms with Crippen LogP contribution < -0.4 is 4.83 Å². The molecule has 0 aliphatic carbocycles. The number of hydrogen-bond acceptors (Lipinski definition) is 3. The van der Waals surface area contributed by atoms with Gasteiger partial charge in [0.2, 0.25) is 0 Å². The SMILES string of the molecule is CC(/C=N\NS(=O)(=O)c1ccc(Cl)cc1)=C\c1ccccc1. The smallest absolute Gasteiger partial charge is 0.200 e. The van der Waals surface area contributed by atoms with Crippen molar-refractivity contribution in [3.8, 4) is 0 Å². The Labute approximate surface area is 135 Å². The lowest BCUT2D eigenvalue weighted by Crippen LogP contribution is -2.18. The minimum absolute atomic E-state index is 0.110. The normalized spacial score (nSPS) is 12.5. The Kier molecular flexibility index (Phi) is 5.35. The maximum absolute atomic E-state index is 12.0. The van der Waals surface area contributed by atoms with Crippen LogP contribution in [0.25, 0.3) is 6.08 Å². The van der Waals surface area contributed by atoms with E-state index in [1.807, 2.05) is 43.3 Å². The number of nitrogens with one attached hydrogen (secondary N) is 1. The van der Waals surface area contributed by atoms with Crippen LogP contribution in [0.1, 0.15) is 12.5 Å². The zero-order valence-corrected chi connectivity index (χ0v) is 13.5. The topological polar surface area (TPSA) is 58.5 Å². The predicted octanol–water partition coefficient (Wildman–Crippen LogP) is 3.71. The molecule has 0 saturated heterocycles. The fraction of sp³-hybridized carbons (Fsp3) is 0.0625. The van der Waals surface area contributed by atoms with Crippen LogP contribution in [-0.4, -0.2) is 14.6 Å². The van der Waals surface area contributed by atoms with Gasteiger partial charge in [0, 0.05) is 5.02 Å². The lowest BCUT2D eigenvalue weighted by atomic mass is 10.1. The fourth-order valence-corrected chi connectivity index (χ4v) is 2.63. The molecule has 0 heterocycles. The van der Waals surface area contributed by atoms with Crippen molar-refractivity contribution in [1.82, 2.24) is 4.83 Å². The Morgan fingerprint density at radius 2 is 1.73 bits per heavy atom. The quantitative estimate of drug-likeness (QED) is 0.669. The standard InChI is InChI=1S/C16H15ClN2O2S/c1-13(11-14-5-3-2-4-6-14)12-18-19-22(20,21)16-9-7-15(17)8-10-16/h2-12,19H,1H3/b13-11+,18-12-. The molecular weight excluding hydrogens is 320 g/mol. The maximum atomic E-state index is 12.0. The van der Waals surface area contributed by atoms with Crippen molar-refractivity contribution in [2.24, 2.45) is 5.10 Å². The van der Waals surface area contributed by atoms with Crippen molar-refractivity contribution in [2.75, 3.05) is 0 Å². The number of hydrazone groups is 1. The second kappa shape index (κ2) is 7.24. The molecule has 4 nitrogen and oxygen atoms in total. The molecule has 22 heavy (non-hydrogen) atoms. The van der Waals surface area contributed by atoms with E-state index in [0.29, 0.717) is 5.02 Å². The molecule has 0 aliphatic rings. The third-order valence-electron chi connectivity index (χ3n) is 2.76. The van der Waals surface area contributed by atoms with Crippen molar-refractivity contribution in [2.45, 2.75) is 11.8 Å². The molecular formula is C16H15ClN2O2S. The van der Waals surface area contributed by atoms with Crippen molar-refractivity contribution in [1.29, 1.82) is 0 Å². The summed E-state index contributed by atoms with van der Waals surface area (Å²) in [6, 6.07) is 15.6. The summed E-state index contributed by atoms with van der Waals surface area (Å²) in [7, 11) is -3.68. The van der Waals surface area contributed by atoms with Crippen LogP contribution in [0, 0.1) is 0 Å². The van der Waals surface area contributed by atoms with Crippen molar-refractivity contribution < 1.29 is 8.42 Å². The number of halogens is 1. The van der Waals surface area contributed by atoms with E-state index < -0.39 is 10.0 Å². The van der Waals surface area contributed by atoms with Crippen molar-refractivity contribution in [3.63, 3.8) is 0 Å². The van der Waals surface area contributed by atoms with E-state index in [4.69, 9.17) is 11.6 Å². The molecule has 0 saturated carbocycles. The molecule has 0 fully saturated rings. The Hall–Kier alpha value is -2.11. The fourth-order valence-electron chi connectivity index (χ4n) is 1.71. The van der Waals surface area contributed by atoms with Crippen LogP contribution in [0.5, 0.6) is 0 Å². The molecule has 0 radical (unpaired) electrons. The summed E-state index contributed by atoms with van der Waals surface area (Å²) in [6.07, 6.45) is 3.36. The summed E-state index contributed by atoms with van der Waals surface area (Å²) in [5, 5.41) is 4.25. The van der Waals surface area contributed by atoms with Gasteiger partial charge in [-0.15, -0.1) is 0 Å². The Bertz CT molecular complexity index is 783. The summed E-state index contributed by atoms with van der Waals surface area (Å²) >= 11 is 5.73. The van der Waals surface area contributed by atoms with E-state index in [2.05, 4.69) is 9.93 Å². The van der Waals surface area contributed by atoms with Gasteiger partial charge in [0.05, 0.1) is 11.1 Å². The zero-order valence-electron chi connectivity index (χ0n) is 11.9. The second-order valence-electron chi connectivity index (χ2n) is 4.61. The largest absolute Gasteiger partial charge is 0.276 e. The number of allylic oxidation sites excluding steroid dienone is 1. The molecule has 1 N–H and O–H groups in total. The van der Waals surface area contributed by atoms with Gasteiger partial charge in [0.15, 0.2) is 0 Å².